The molecule has 0 aliphatic heterocycles. The Kier molecular flexibility index (Phi) is 8.37. The second kappa shape index (κ2) is 9.58. The number of ketones is 1. The second-order valence-electron chi connectivity index (χ2n) is 6.31. The monoisotopic (exact) mass is 252 g/mol. The van der Waals surface area contributed by atoms with Crippen LogP contribution in [0.2, 0.25) is 0 Å². The molecule has 1 fully saturated rings. The van der Waals surface area contributed by atoms with Crippen LogP contribution in [0.1, 0.15) is 90.9 Å². The van der Waals surface area contributed by atoms with Gasteiger partial charge in [0.2, 0.25) is 0 Å². The summed E-state index contributed by atoms with van der Waals surface area (Å²) in [6, 6.07) is 0. The second-order valence-corrected chi connectivity index (χ2v) is 6.31. The van der Waals surface area contributed by atoms with Crippen LogP contribution in [0.25, 0.3) is 0 Å². The first-order chi connectivity index (χ1) is 8.72. The Bertz CT molecular complexity index is 222. The molecule has 0 heterocycles. The van der Waals surface area contributed by atoms with Crippen molar-refractivity contribution < 1.29 is 4.79 Å². The van der Waals surface area contributed by atoms with Crippen molar-refractivity contribution >= 4 is 5.78 Å². The van der Waals surface area contributed by atoms with Gasteiger partial charge in [-0.15, -0.1) is 0 Å². The highest BCUT2D eigenvalue weighted by atomic mass is 16.1. The quantitative estimate of drug-likeness (QED) is 0.554. The van der Waals surface area contributed by atoms with E-state index in [-0.39, 0.29) is 5.92 Å². The highest BCUT2D eigenvalue weighted by molar-refractivity contribution is 5.80. The van der Waals surface area contributed by atoms with Gasteiger partial charge in [-0.25, -0.2) is 0 Å². The summed E-state index contributed by atoms with van der Waals surface area (Å²) in [5.74, 6) is 1.38. The highest BCUT2D eigenvalue weighted by Crippen LogP contribution is 2.22. The molecule has 0 N–H and O–H groups in total. The maximum absolute atomic E-state index is 12.1. The fourth-order valence-electron chi connectivity index (χ4n) is 2.97. The Labute approximate surface area is 114 Å². The van der Waals surface area contributed by atoms with Gasteiger partial charge in [0.25, 0.3) is 0 Å². The van der Waals surface area contributed by atoms with Crippen LogP contribution in [0, 0.1) is 11.8 Å². The van der Waals surface area contributed by atoms with E-state index >= 15 is 0 Å². The zero-order chi connectivity index (χ0) is 13.2. The van der Waals surface area contributed by atoms with Gasteiger partial charge in [-0.1, -0.05) is 78.1 Å². The maximum atomic E-state index is 12.1. The summed E-state index contributed by atoms with van der Waals surface area (Å²) in [7, 11) is 0. The number of Topliss-reactive ketones (excluding diaryl/α,β-unsaturated/α-hetero) is 1. The van der Waals surface area contributed by atoms with Crippen molar-refractivity contribution in [2.75, 3.05) is 0 Å². The molecule has 0 saturated heterocycles. The Balaban J connectivity index is 2.35. The van der Waals surface area contributed by atoms with E-state index in [1.165, 1.54) is 64.2 Å². The van der Waals surface area contributed by atoms with Crippen LogP contribution in [-0.2, 0) is 4.79 Å². The Morgan fingerprint density at radius 1 is 0.722 bits per heavy atom. The van der Waals surface area contributed by atoms with Crippen molar-refractivity contribution in [3.63, 3.8) is 0 Å². The summed E-state index contributed by atoms with van der Waals surface area (Å²) < 4.78 is 0. The van der Waals surface area contributed by atoms with Crippen LogP contribution in [0.4, 0.5) is 0 Å². The lowest BCUT2D eigenvalue weighted by Gasteiger charge is -2.18. The Hall–Kier alpha value is -0.330. The van der Waals surface area contributed by atoms with Crippen LogP contribution in [0.15, 0.2) is 0 Å². The standard InChI is InChI=1S/C17H32O/c1-15-13-11-9-7-5-3-4-6-8-10-12-14-17(18)16(15)2/h15-16H,3-14H2,1-2H3. The first-order valence-electron chi connectivity index (χ1n) is 8.24. The van der Waals surface area contributed by atoms with E-state index < -0.39 is 0 Å². The van der Waals surface area contributed by atoms with E-state index in [2.05, 4.69) is 13.8 Å². The molecule has 0 aromatic rings. The molecule has 0 amide bonds. The van der Waals surface area contributed by atoms with E-state index in [0.29, 0.717) is 11.7 Å². The molecule has 2 unspecified atom stereocenters. The van der Waals surface area contributed by atoms with Gasteiger partial charge in [0, 0.05) is 12.3 Å². The van der Waals surface area contributed by atoms with E-state index in [4.69, 9.17) is 0 Å². The van der Waals surface area contributed by atoms with Gasteiger partial charge >= 0.3 is 0 Å². The van der Waals surface area contributed by atoms with Gasteiger partial charge in [-0.3, -0.25) is 4.79 Å². The number of hydrogen-bond donors (Lipinski definition) is 0. The molecule has 0 radical (unpaired) electrons. The normalized spacial score (nSPS) is 30.4. The average molecular weight is 252 g/mol. The third-order valence-electron chi connectivity index (χ3n) is 4.69. The lowest BCUT2D eigenvalue weighted by Crippen LogP contribution is -2.18. The van der Waals surface area contributed by atoms with Crippen molar-refractivity contribution in [1.29, 1.82) is 0 Å². The lowest BCUT2D eigenvalue weighted by atomic mass is 9.86. The third kappa shape index (κ3) is 6.56. The summed E-state index contributed by atoms with van der Waals surface area (Å²) in [4.78, 5) is 12.1. The van der Waals surface area contributed by atoms with Crippen molar-refractivity contribution in [1.82, 2.24) is 0 Å². The minimum atomic E-state index is 0.287. The topological polar surface area (TPSA) is 17.1 Å². The van der Waals surface area contributed by atoms with Crippen LogP contribution >= 0.6 is 0 Å². The van der Waals surface area contributed by atoms with Crippen molar-refractivity contribution in [3.05, 3.63) is 0 Å². The molecule has 0 aromatic heterocycles. The minimum absolute atomic E-state index is 0.287. The molecule has 1 aliphatic rings. The molecular formula is C17H32O. The largest absolute Gasteiger partial charge is 0.299 e. The summed E-state index contributed by atoms with van der Waals surface area (Å²) in [6.07, 6.45) is 15.5. The first kappa shape index (κ1) is 15.7. The van der Waals surface area contributed by atoms with E-state index in [1.54, 1.807) is 0 Å². The van der Waals surface area contributed by atoms with E-state index in [1.807, 2.05) is 0 Å². The fraction of sp³-hybridized carbons (Fsp3) is 0.941. The third-order valence-corrected chi connectivity index (χ3v) is 4.69. The van der Waals surface area contributed by atoms with Crippen LogP contribution in [-0.4, -0.2) is 5.78 Å². The summed E-state index contributed by atoms with van der Waals surface area (Å²) in [5.41, 5.74) is 0. The zero-order valence-electron chi connectivity index (χ0n) is 12.5. The average Bonchev–Trinajstić information content (AvgIpc) is 2.38. The summed E-state index contributed by atoms with van der Waals surface area (Å²) in [6.45, 7) is 4.41. The van der Waals surface area contributed by atoms with Gasteiger partial charge in [-0.2, -0.15) is 0 Å². The van der Waals surface area contributed by atoms with Gasteiger partial charge in [0.05, 0.1) is 0 Å². The van der Waals surface area contributed by atoms with Crippen LogP contribution in [0.3, 0.4) is 0 Å². The van der Waals surface area contributed by atoms with E-state index in [9.17, 15) is 4.79 Å². The molecule has 0 bridgehead atoms. The summed E-state index contributed by atoms with van der Waals surface area (Å²) >= 11 is 0. The fourth-order valence-corrected chi connectivity index (χ4v) is 2.97. The van der Waals surface area contributed by atoms with E-state index in [0.717, 1.165) is 12.8 Å². The molecule has 0 spiro atoms. The number of carbonyl (C=O) groups excluding carboxylic acids is 1. The SMILES string of the molecule is CC1CCCCCCCCCCCCC(=O)C1C. The molecule has 1 aliphatic carbocycles. The smallest absolute Gasteiger partial charge is 0.135 e. The first-order valence-corrected chi connectivity index (χ1v) is 8.24. The number of hydrogen-bond acceptors (Lipinski definition) is 1. The molecule has 1 rings (SSSR count). The van der Waals surface area contributed by atoms with Crippen molar-refractivity contribution in [2.24, 2.45) is 11.8 Å². The molecule has 1 nitrogen and oxygen atoms in total. The molecule has 2 atom stereocenters. The summed E-state index contributed by atoms with van der Waals surface area (Å²) in [5, 5.41) is 0. The van der Waals surface area contributed by atoms with Crippen molar-refractivity contribution in [3.8, 4) is 0 Å². The number of rotatable bonds is 0. The minimum Gasteiger partial charge on any atom is -0.299 e. The maximum Gasteiger partial charge on any atom is 0.135 e. The number of carbonyl (C=O) groups is 1. The lowest BCUT2D eigenvalue weighted by molar-refractivity contribution is -0.123. The molecule has 18 heavy (non-hydrogen) atoms. The Morgan fingerprint density at radius 2 is 1.17 bits per heavy atom. The van der Waals surface area contributed by atoms with Crippen molar-refractivity contribution in [2.45, 2.75) is 90.9 Å². The molecule has 0 aromatic carbocycles. The Morgan fingerprint density at radius 3 is 1.72 bits per heavy atom. The molecular weight excluding hydrogens is 220 g/mol. The molecule has 1 saturated carbocycles. The van der Waals surface area contributed by atoms with Gasteiger partial charge in [-0.05, 0) is 12.3 Å². The van der Waals surface area contributed by atoms with Gasteiger partial charge < -0.3 is 0 Å². The molecule has 106 valence electrons. The highest BCUT2D eigenvalue weighted by Gasteiger charge is 2.19. The van der Waals surface area contributed by atoms with Crippen LogP contribution in [0.5, 0.6) is 0 Å². The van der Waals surface area contributed by atoms with Crippen LogP contribution < -0.4 is 0 Å². The van der Waals surface area contributed by atoms with Gasteiger partial charge in [0.15, 0.2) is 0 Å². The molecule has 1 heteroatoms. The zero-order valence-corrected chi connectivity index (χ0v) is 12.5. The van der Waals surface area contributed by atoms with Gasteiger partial charge in [0.1, 0.15) is 5.78 Å². The predicted molar refractivity (Wildman–Crippen MR) is 78.7 cm³/mol. The predicted octanol–water partition coefficient (Wildman–Crippen LogP) is 5.52.